The molecule has 23 heavy (non-hydrogen) atoms. The summed E-state index contributed by atoms with van der Waals surface area (Å²) in [7, 11) is 1.29. The molecule has 0 aliphatic heterocycles. The second-order valence-corrected chi connectivity index (χ2v) is 5.03. The fraction of sp³-hybridized carbons (Fsp3) is 0.222. The molecule has 120 valence electrons. The first-order valence-electron chi connectivity index (χ1n) is 7.08. The van der Waals surface area contributed by atoms with Crippen LogP contribution in [0.3, 0.4) is 0 Å². The van der Waals surface area contributed by atoms with E-state index in [0.717, 1.165) is 11.1 Å². The standard InChI is InChI=1S/C18H18O5/c1-12-7-8-15(9-13(12)2)22-11-17(19)23-16-6-4-5-14(10-16)18(20)21-3/h4-10H,11H2,1-3H3. The molecule has 0 bridgehead atoms. The molecule has 0 atom stereocenters. The van der Waals surface area contributed by atoms with Crippen molar-refractivity contribution in [3.63, 3.8) is 0 Å². The number of hydrogen-bond acceptors (Lipinski definition) is 5. The van der Waals surface area contributed by atoms with Crippen LogP contribution in [0, 0.1) is 13.8 Å². The maximum absolute atomic E-state index is 11.8. The number of benzene rings is 2. The molecule has 0 saturated carbocycles. The Balaban J connectivity index is 1.94. The van der Waals surface area contributed by atoms with E-state index in [9.17, 15) is 9.59 Å². The molecule has 0 heterocycles. The molecule has 0 aliphatic carbocycles. The van der Waals surface area contributed by atoms with Crippen LogP contribution in [0.1, 0.15) is 21.5 Å². The number of aryl methyl sites for hydroxylation is 2. The van der Waals surface area contributed by atoms with Crippen LogP contribution in [0.4, 0.5) is 0 Å². The lowest BCUT2D eigenvalue weighted by Gasteiger charge is -2.09. The molecular weight excluding hydrogens is 296 g/mol. The van der Waals surface area contributed by atoms with Gasteiger partial charge in [-0.25, -0.2) is 9.59 Å². The number of methoxy groups -OCH3 is 1. The van der Waals surface area contributed by atoms with Crippen molar-refractivity contribution in [1.29, 1.82) is 0 Å². The lowest BCUT2D eigenvalue weighted by Crippen LogP contribution is -2.18. The van der Waals surface area contributed by atoms with Crippen molar-refractivity contribution in [2.75, 3.05) is 13.7 Å². The fourth-order valence-electron chi connectivity index (χ4n) is 1.91. The van der Waals surface area contributed by atoms with Crippen molar-refractivity contribution in [1.82, 2.24) is 0 Å². The Labute approximate surface area is 134 Å². The van der Waals surface area contributed by atoms with Gasteiger partial charge in [0.1, 0.15) is 11.5 Å². The van der Waals surface area contributed by atoms with E-state index in [2.05, 4.69) is 4.74 Å². The normalized spacial score (nSPS) is 10.0. The molecule has 0 amide bonds. The molecule has 0 fully saturated rings. The topological polar surface area (TPSA) is 61.8 Å². The van der Waals surface area contributed by atoms with Gasteiger partial charge in [0.15, 0.2) is 6.61 Å². The fourth-order valence-corrected chi connectivity index (χ4v) is 1.91. The molecular formula is C18H18O5. The zero-order valence-electron chi connectivity index (χ0n) is 13.3. The molecule has 2 aromatic rings. The van der Waals surface area contributed by atoms with Crippen LogP contribution in [0.2, 0.25) is 0 Å². The van der Waals surface area contributed by atoms with E-state index in [1.165, 1.54) is 13.2 Å². The van der Waals surface area contributed by atoms with E-state index >= 15 is 0 Å². The zero-order valence-corrected chi connectivity index (χ0v) is 13.3. The Bertz CT molecular complexity index is 721. The van der Waals surface area contributed by atoms with Crippen molar-refractivity contribution in [3.05, 3.63) is 59.2 Å². The second kappa shape index (κ2) is 7.45. The van der Waals surface area contributed by atoms with Crippen molar-refractivity contribution in [3.8, 4) is 11.5 Å². The smallest absolute Gasteiger partial charge is 0.349 e. The lowest BCUT2D eigenvalue weighted by molar-refractivity contribution is -0.136. The minimum Gasteiger partial charge on any atom is -0.482 e. The third-order valence-electron chi connectivity index (χ3n) is 3.32. The predicted molar refractivity (Wildman–Crippen MR) is 84.8 cm³/mol. The average Bonchev–Trinajstić information content (AvgIpc) is 2.55. The molecule has 0 spiro atoms. The molecule has 2 aromatic carbocycles. The van der Waals surface area contributed by atoms with Crippen LogP contribution in [0.5, 0.6) is 11.5 Å². The highest BCUT2D eigenvalue weighted by Gasteiger charge is 2.10. The maximum Gasteiger partial charge on any atom is 0.349 e. The zero-order chi connectivity index (χ0) is 16.8. The number of esters is 2. The van der Waals surface area contributed by atoms with Crippen LogP contribution in [0.25, 0.3) is 0 Å². The third kappa shape index (κ3) is 4.57. The molecule has 0 aromatic heterocycles. The Kier molecular flexibility index (Phi) is 5.36. The minimum absolute atomic E-state index is 0.217. The van der Waals surface area contributed by atoms with Crippen molar-refractivity contribution >= 4 is 11.9 Å². The highest BCUT2D eigenvalue weighted by Crippen LogP contribution is 2.17. The van der Waals surface area contributed by atoms with Crippen molar-refractivity contribution < 1.29 is 23.8 Å². The molecule has 5 nitrogen and oxygen atoms in total. The summed E-state index contributed by atoms with van der Waals surface area (Å²) >= 11 is 0. The Morgan fingerprint density at radius 2 is 1.74 bits per heavy atom. The number of ether oxygens (including phenoxy) is 3. The summed E-state index contributed by atoms with van der Waals surface area (Å²) in [6.45, 7) is 3.76. The SMILES string of the molecule is COC(=O)c1cccc(OC(=O)COc2ccc(C)c(C)c2)c1. The number of rotatable bonds is 5. The van der Waals surface area contributed by atoms with Gasteiger partial charge in [0.25, 0.3) is 0 Å². The summed E-state index contributed by atoms with van der Waals surface area (Å²) < 4.78 is 15.2. The largest absolute Gasteiger partial charge is 0.482 e. The maximum atomic E-state index is 11.8. The Hall–Kier alpha value is -2.82. The van der Waals surface area contributed by atoms with Gasteiger partial charge in [0.2, 0.25) is 0 Å². The third-order valence-corrected chi connectivity index (χ3v) is 3.32. The molecule has 0 saturated heterocycles. The summed E-state index contributed by atoms with van der Waals surface area (Å²) in [4.78, 5) is 23.3. The van der Waals surface area contributed by atoms with Crippen molar-refractivity contribution in [2.45, 2.75) is 13.8 Å². The van der Waals surface area contributed by atoms with Crippen LogP contribution in [-0.2, 0) is 9.53 Å². The van der Waals surface area contributed by atoms with E-state index in [-0.39, 0.29) is 12.4 Å². The minimum atomic E-state index is -0.551. The summed E-state index contributed by atoms with van der Waals surface area (Å²) in [5.74, 6) is -0.172. The lowest BCUT2D eigenvalue weighted by atomic mass is 10.1. The van der Waals surface area contributed by atoms with E-state index in [1.54, 1.807) is 24.3 Å². The van der Waals surface area contributed by atoms with Gasteiger partial charge in [0.05, 0.1) is 12.7 Å². The van der Waals surface area contributed by atoms with Crippen LogP contribution in [-0.4, -0.2) is 25.7 Å². The highest BCUT2D eigenvalue weighted by molar-refractivity contribution is 5.90. The molecule has 0 N–H and O–H groups in total. The summed E-state index contributed by atoms with van der Waals surface area (Å²) in [6, 6.07) is 11.8. The molecule has 5 heteroatoms. The first kappa shape index (κ1) is 16.5. The van der Waals surface area contributed by atoms with Gasteiger partial charge in [-0.3, -0.25) is 0 Å². The van der Waals surface area contributed by atoms with E-state index in [1.807, 2.05) is 26.0 Å². The van der Waals surface area contributed by atoms with Gasteiger partial charge in [-0.2, -0.15) is 0 Å². The van der Waals surface area contributed by atoms with Gasteiger partial charge in [0, 0.05) is 0 Å². The first-order chi connectivity index (χ1) is 11.0. The number of carbonyl (C=O) groups is 2. The monoisotopic (exact) mass is 314 g/mol. The Morgan fingerprint density at radius 1 is 0.957 bits per heavy atom. The van der Waals surface area contributed by atoms with Gasteiger partial charge < -0.3 is 14.2 Å². The number of carbonyl (C=O) groups excluding carboxylic acids is 2. The quantitative estimate of drug-likeness (QED) is 0.627. The van der Waals surface area contributed by atoms with Gasteiger partial charge >= 0.3 is 11.9 Å². The predicted octanol–water partition coefficient (Wildman–Crippen LogP) is 3.07. The Morgan fingerprint density at radius 3 is 2.43 bits per heavy atom. The summed E-state index contributed by atoms with van der Waals surface area (Å²) in [5, 5.41) is 0. The van der Waals surface area contributed by atoms with Gasteiger partial charge in [-0.05, 0) is 55.3 Å². The van der Waals surface area contributed by atoms with Crippen LogP contribution in [0.15, 0.2) is 42.5 Å². The molecule has 0 radical (unpaired) electrons. The molecule has 0 aliphatic rings. The second-order valence-electron chi connectivity index (χ2n) is 5.03. The molecule has 2 rings (SSSR count). The van der Waals surface area contributed by atoms with Crippen molar-refractivity contribution in [2.24, 2.45) is 0 Å². The first-order valence-corrected chi connectivity index (χ1v) is 7.08. The van der Waals surface area contributed by atoms with Gasteiger partial charge in [-0.15, -0.1) is 0 Å². The average molecular weight is 314 g/mol. The highest BCUT2D eigenvalue weighted by atomic mass is 16.6. The van der Waals surface area contributed by atoms with Crippen LogP contribution < -0.4 is 9.47 Å². The van der Waals surface area contributed by atoms with E-state index < -0.39 is 11.9 Å². The molecule has 0 unspecified atom stereocenters. The summed E-state index contributed by atoms with van der Waals surface area (Å²) in [5.41, 5.74) is 2.55. The van der Waals surface area contributed by atoms with E-state index in [4.69, 9.17) is 9.47 Å². The van der Waals surface area contributed by atoms with Crippen LogP contribution >= 0.6 is 0 Å². The van der Waals surface area contributed by atoms with Gasteiger partial charge in [-0.1, -0.05) is 12.1 Å². The number of hydrogen-bond donors (Lipinski definition) is 0. The summed E-state index contributed by atoms with van der Waals surface area (Å²) in [6.07, 6.45) is 0. The van der Waals surface area contributed by atoms with E-state index in [0.29, 0.717) is 11.3 Å².